The molecule has 1 aliphatic heterocycles. The third kappa shape index (κ3) is 6.81. The van der Waals surface area contributed by atoms with Gasteiger partial charge in [-0.25, -0.2) is 14.6 Å². The number of pyridine rings is 2. The molecule has 0 bridgehead atoms. The Morgan fingerprint density at radius 1 is 0.882 bits per heavy atom. The van der Waals surface area contributed by atoms with Gasteiger partial charge in [-0.3, -0.25) is 0 Å². The van der Waals surface area contributed by atoms with Crippen LogP contribution in [0.1, 0.15) is 37.5 Å². The molecular formula is C38H40N10O3. The first-order valence-corrected chi connectivity index (χ1v) is 16.7. The molecule has 2 aromatic carbocycles. The first-order chi connectivity index (χ1) is 24.6. The van der Waals surface area contributed by atoms with E-state index in [1.807, 2.05) is 77.0 Å². The molecule has 7 rings (SSSR count). The molecule has 260 valence electrons. The SMILES string of the molecule is COc1ccc(CN(Cc2ccc(OC)cc2)c2cc(Oc3cnc4nc(Nc5cc6n(n5)CCN6C(C)(C)C)n(C)c4c3C#N)ccn2)cc1. The van der Waals surface area contributed by atoms with E-state index < -0.39 is 0 Å². The molecule has 5 heterocycles. The van der Waals surface area contributed by atoms with Gasteiger partial charge in [-0.2, -0.15) is 15.3 Å². The maximum atomic E-state index is 10.4. The summed E-state index contributed by atoms with van der Waals surface area (Å²) in [5, 5.41) is 18.4. The Morgan fingerprint density at radius 3 is 2.16 bits per heavy atom. The quantitative estimate of drug-likeness (QED) is 0.154. The fourth-order valence-electron chi connectivity index (χ4n) is 6.29. The number of fused-ring (bicyclic) bond motifs is 2. The van der Waals surface area contributed by atoms with Crippen LogP contribution >= 0.6 is 0 Å². The lowest BCUT2D eigenvalue weighted by atomic mass is 10.1. The van der Waals surface area contributed by atoms with Crippen molar-refractivity contribution < 1.29 is 14.2 Å². The van der Waals surface area contributed by atoms with Crippen molar-refractivity contribution in [3.05, 3.63) is 95.8 Å². The van der Waals surface area contributed by atoms with Gasteiger partial charge in [0, 0.05) is 50.6 Å². The van der Waals surface area contributed by atoms with Gasteiger partial charge < -0.3 is 33.9 Å². The van der Waals surface area contributed by atoms with Crippen LogP contribution in [0.3, 0.4) is 0 Å². The number of benzene rings is 2. The molecule has 0 amide bonds. The summed E-state index contributed by atoms with van der Waals surface area (Å²) in [6.45, 7) is 9.48. The van der Waals surface area contributed by atoms with Crippen molar-refractivity contribution in [3.63, 3.8) is 0 Å². The van der Waals surface area contributed by atoms with Gasteiger partial charge in [0.1, 0.15) is 46.0 Å². The number of anilines is 4. The van der Waals surface area contributed by atoms with E-state index in [2.05, 4.69) is 46.9 Å². The normalized spacial score (nSPS) is 12.5. The Hall–Kier alpha value is -6.29. The first-order valence-electron chi connectivity index (χ1n) is 16.7. The van der Waals surface area contributed by atoms with Crippen LogP contribution in [0.25, 0.3) is 11.2 Å². The molecule has 6 aromatic rings. The first kappa shape index (κ1) is 33.2. The minimum Gasteiger partial charge on any atom is -0.497 e. The lowest BCUT2D eigenvalue weighted by Crippen LogP contribution is -2.40. The van der Waals surface area contributed by atoms with E-state index >= 15 is 0 Å². The number of hydrogen-bond donors (Lipinski definition) is 1. The van der Waals surface area contributed by atoms with Gasteiger partial charge in [0.15, 0.2) is 17.2 Å². The molecule has 0 unspecified atom stereocenters. The van der Waals surface area contributed by atoms with Crippen molar-refractivity contribution >= 4 is 34.6 Å². The standard InChI is InChI=1S/C38H40N10O3/c1-38(2,3)47-17-18-48-34(47)20-32(44-48)42-37-43-36-35(45(37)4)30(21-39)31(22-41-36)51-29-15-16-40-33(19-29)46(23-25-7-11-27(49-5)12-8-25)24-26-9-13-28(50-6)14-10-26/h7-16,19-20,22H,17-18,23-24H2,1-6H3,(H,41,42,43,44). The maximum Gasteiger partial charge on any atom is 0.210 e. The number of hydrogen-bond acceptors (Lipinski definition) is 11. The zero-order valence-corrected chi connectivity index (χ0v) is 29.6. The third-order valence-corrected chi connectivity index (χ3v) is 8.93. The third-order valence-electron chi connectivity index (χ3n) is 8.93. The number of aryl methyl sites for hydroxylation is 1. The molecule has 0 fully saturated rings. The number of methoxy groups -OCH3 is 2. The predicted octanol–water partition coefficient (Wildman–Crippen LogP) is 6.81. The zero-order chi connectivity index (χ0) is 35.7. The highest BCUT2D eigenvalue weighted by molar-refractivity contribution is 5.84. The van der Waals surface area contributed by atoms with Crippen LogP contribution in [-0.4, -0.2) is 55.6 Å². The molecule has 0 radical (unpaired) electrons. The van der Waals surface area contributed by atoms with Crippen LogP contribution in [0, 0.1) is 11.3 Å². The Balaban J connectivity index is 1.16. The second-order valence-corrected chi connectivity index (χ2v) is 13.3. The molecule has 0 atom stereocenters. The summed E-state index contributed by atoms with van der Waals surface area (Å²) in [7, 11) is 5.15. The fraction of sp³-hybridized carbons (Fsp3) is 0.289. The Labute approximate surface area is 296 Å². The van der Waals surface area contributed by atoms with Crippen LogP contribution in [0.4, 0.5) is 23.4 Å². The second-order valence-electron chi connectivity index (χ2n) is 13.3. The molecule has 1 N–H and O–H groups in total. The van der Waals surface area contributed by atoms with E-state index in [9.17, 15) is 5.26 Å². The molecule has 51 heavy (non-hydrogen) atoms. The van der Waals surface area contributed by atoms with Gasteiger partial charge >= 0.3 is 0 Å². The summed E-state index contributed by atoms with van der Waals surface area (Å²) in [5.41, 5.74) is 3.45. The van der Waals surface area contributed by atoms with Crippen molar-refractivity contribution in [2.75, 3.05) is 35.9 Å². The van der Waals surface area contributed by atoms with Gasteiger partial charge in [0.25, 0.3) is 0 Å². The smallest absolute Gasteiger partial charge is 0.210 e. The summed E-state index contributed by atoms with van der Waals surface area (Å²) in [4.78, 5) is 18.5. The molecule has 0 saturated carbocycles. The van der Waals surface area contributed by atoms with E-state index in [0.29, 0.717) is 58.9 Å². The van der Waals surface area contributed by atoms with Gasteiger partial charge in [-0.15, -0.1) is 0 Å². The minimum atomic E-state index is -0.0214. The molecule has 1 aliphatic rings. The summed E-state index contributed by atoms with van der Waals surface area (Å²) in [6.07, 6.45) is 3.24. The van der Waals surface area contributed by atoms with Crippen molar-refractivity contribution in [2.45, 2.75) is 45.9 Å². The van der Waals surface area contributed by atoms with Crippen LogP contribution in [-0.2, 0) is 26.7 Å². The second kappa shape index (κ2) is 13.5. The van der Waals surface area contributed by atoms with E-state index in [1.54, 1.807) is 26.5 Å². The average Bonchev–Trinajstić information content (AvgIpc) is 3.81. The van der Waals surface area contributed by atoms with E-state index in [4.69, 9.17) is 29.3 Å². The van der Waals surface area contributed by atoms with Crippen molar-refractivity contribution in [1.82, 2.24) is 29.3 Å². The molecule has 4 aromatic heterocycles. The summed E-state index contributed by atoms with van der Waals surface area (Å²) >= 11 is 0. The number of rotatable bonds is 11. The lowest BCUT2D eigenvalue weighted by Gasteiger charge is -2.32. The number of aromatic nitrogens is 6. The van der Waals surface area contributed by atoms with Gasteiger partial charge in [0.05, 0.1) is 27.0 Å². The van der Waals surface area contributed by atoms with Crippen molar-refractivity contribution in [3.8, 4) is 29.1 Å². The van der Waals surface area contributed by atoms with Crippen LogP contribution in [0.2, 0.25) is 0 Å². The monoisotopic (exact) mass is 684 g/mol. The Morgan fingerprint density at radius 2 is 1.55 bits per heavy atom. The number of nitrogens with zero attached hydrogens (tertiary/aromatic N) is 9. The number of nitriles is 1. The predicted molar refractivity (Wildman–Crippen MR) is 196 cm³/mol. The molecule has 0 spiro atoms. The van der Waals surface area contributed by atoms with Crippen molar-refractivity contribution in [1.29, 1.82) is 5.26 Å². The number of nitrogens with one attached hydrogen (secondary N) is 1. The largest absolute Gasteiger partial charge is 0.497 e. The molecule has 13 nitrogen and oxygen atoms in total. The van der Waals surface area contributed by atoms with Gasteiger partial charge in [0.2, 0.25) is 5.95 Å². The highest BCUT2D eigenvalue weighted by atomic mass is 16.5. The highest BCUT2D eigenvalue weighted by Gasteiger charge is 2.30. The topological polar surface area (TPSA) is 131 Å². The average molecular weight is 685 g/mol. The van der Waals surface area contributed by atoms with E-state index in [0.717, 1.165) is 41.5 Å². The van der Waals surface area contributed by atoms with Crippen LogP contribution < -0.4 is 29.3 Å². The Kier molecular flexibility index (Phi) is 8.83. The molecular weight excluding hydrogens is 644 g/mol. The maximum absolute atomic E-state index is 10.4. The Bertz CT molecular complexity index is 2160. The summed E-state index contributed by atoms with van der Waals surface area (Å²) in [6, 6.07) is 23.9. The summed E-state index contributed by atoms with van der Waals surface area (Å²) < 4.78 is 20.9. The van der Waals surface area contributed by atoms with E-state index in [1.165, 1.54) is 6.20 Å². The zero-order valence-electron chi connectivity index (χ0n) is 29.6. The lowest BCUT2D eigenvalue weighted by molar-refractivity contribution is 0.414. The van der Waals surface area contributed by atoms with Crippen LogP contribution in [0.5, 0.6) is 23.0 Å². The van der Waals surface area contributed by atoms with Gasteiger partial charge in [-0.05, 0) is 62.2 Å². The van der Waals surface area contributed by atoms with Crippen molar-refractivity contribution in [2.24, 2.45) is 7.05 Å². The minimum absolute atomic E-state index is 0.0214. The van der Waals surface area contributed by atoms with Gasteiger partial charge in [-0.1, -0.05) is 24.3 Å². The fourth-order valence-corrected chi connectivity index (χ4v) is 6.29. The molecule has 0 saturated heterocycles. The van der Waals surface area contributed by atoms with E-state index in [-0.39, 0.29) is 5.54 Å². The van der Waals surface area contributed by atoms with Crippen LogP contribution in [0.15, 0.2) is 79.1 Å². The number of imidazole rings is 1. The molecule has 0 aliphatic carbocycles. The highest BCUT2D eigenvalue weighted by Crippen LogP contribution is 2.35. The molecule has 13 heteroatoms. The number of ether oxygens (including phenoxy) is 3. The summed E-state index contributed by atoms with van der Waals surface area (Å²) in [5.74, 6) is 5.37.